The van der Waals surface area contributed by atoms with Gasteiger partial charge in [-0.05, 0) is 23.0 Å². The Hall–Kier alpha value is 0.480. The third-order valence-corrected chi connectivity index (χ3v) is 3.02. The molecule has 0 saturated carbocycles. The van der Waals surface area contributed by atoms with E-state index >= 15 is 0 Å². The van der Waals surface area contributed by atoms with E-state index in [1.54, 1.807) is 0 Å². The SMILES string of the molecule is S=c1[nH]nc(SS)s1. The molecular formula is C2H2N2S4. The normalized spacial score (nSPS) is 9.62. The lowest BCUT2D eigenvalue weighted by Crippen LogP contribution is -1.63. The summed E-state index contributed by atoms with van der Waals surface area (Å²) >= 11 is 10.1. The molecule has 0 aliphatic heterocycles. The van der Waals surface area contributed by atoms with Gasteiger partial charge in [0, 0.05) is 0 Å². The maximum Gasteiger partial charge on any atom is 0.183 e. The molecule has 1 heterocycles. The van der Waals surface area contributed by atoms with Gasteiger partial charge in [0.1, 0.15) is 0 Å². The van der Waals surface area contributed by atoms with E-state index in [0.717, 1.165) is 4.34 Å². The minimum absolute atomic E-state index is 0.696. The Bertz CT molecular complexity index is 212. The van der Waals surface area contributed by atoms with Crippen LogP contribution >= 0.6 is 46.0 Å². The number of nitrogens with zero attached hydrogens (tertiary/aromatic N) is 1. The Morgan fingerprint density at radius 1 is 1.88 bits per heavy atom. The number of thiol groups is 1. The fraction of sp³-hybridized carbons (Fsp3) is 0. The highest BCUT2D eigenvalue weighted by Crippen LogP contribution is 2.22. The van der Waals surface area contributed by atoms with Crippen LogP contribution in [-0.4, -0.2) is 10.2 Å². The van der Waals surface area contributed by atoms with E-state index in [1.165, 1.54) is 22.1 Å². The fourth-order valence-corrected chi connectivity index (χ4v) is 1.98. The summed E-state index contributed by atoms with van der Waals surface area (Å²) < 4.78 is 1.56. The van der Waals surface area contributed by atoms with Gasteiger partial charge in [-0.3, -0.25) is 5.10 Å². The third kappa shape index (κ3) is 1.48. The lowest BCUT2D eigenvalue weighted by Gasteiger charge is -1.73. The van der Waals surface area contributed by atoms with Gasteiger partial charge in [-0.15, -0.1) is 11.7 Å². The zero-order chi connectivity index (χ0) is 5.98. The van der Waals surface area contributed by atoms with Crippen molar-refractivity contribution >= 4 is 46.0 Å². The molecule has 0 aromatic carbocycles. The van der Waals surface area contributed by atoms with Crippen molar-refractivity contribution < 1.29 is 0 Å². The molecule has 0 unspecified atom stereocenters. The van der Waals surface area contributed by atoms with Crippen molar-refractivity contribution in [2.24, 2.45) is 0 Å². The predicted molar refractivity (Wildman–Crippen MR) is 42.1 cm³/mol. The van der Waals surface area contributed by atoms with Crippen LogP contribution in [0.1, 0.15) is 0 Å². The number of hydrogen-bond donors (Lipinski definition) is 2. The molecule has 1 aromatic rings. The van der Waals surface area contributed by atoms with Crippen LogP contribution in [0.4, 0.5) is 0 Å². The quantitative estimate of drug-likeness (QED) is 0.396. The minimum Gasteiger partial charge on any atom is -0.257 e. The molecule has 6 heteroatoms. The third-order valence-electron chi connectivity index (χ3n) is 0.497. The number of H-pyrrole nitrogens is 1. The smallest absolute Gasteiger partial charge is 0.183 e. The predicted octanol–water partition coefficient (Wildman–Crippen LogP) is 2.14. The van der Waals surface area contributed by atoms with Crippen molar-refractivity contribution in [1.29, 1.82) is 0 Å². The zero-order valence-electron chi connectivity index (χ0n) is 3.62. The topological polar surface area (TPSA) is 28.7 Å². The molecule has 8 heavy (non-hydrogen) atoms. The van der Waals surface area contributed by atoms with Gasteiger partial charge in [0.2, 0.25) is 0 Å². The summed E-state index contributed by atoms with van der Waals surface area (Å²) in [6.45, 7) is 0. The lowest BCUT2D eigenvalue weighted by atomic mass is 11.6. The molecule has 0 aliphatic rings. The van der Waals surface area contributed by atoms with E-state index in [4.69, 9.17) is 12.2 Å². The van der Waals surface area contributed by atoms with Crippen molar-refractivity contribution in [3.63, 3.8) is 0 Å². The van der Waals surface area contributed by atoms with Crippen LogP contribution in [0, 0.1) is 3.95 Å². The van der Waals surface area contributed by atoms with Crippen LogP contribution in [0.2, 0.25) is 0 Å². The second-order valence-electron chi connectivity index (χ2n) is 0.970. The maximum absolute atomic E-state index is 4.75. The molecule has 1 aromatic heterocycles. The summed E-state index contributed by atoms with van der Waals surface area (Å²) in [4.78, 5) is 0. The number of aromatic nitrogens is 2. The van der Waals surface area contributed by atoms with Crippen LogP contribution < -0.4 is 0 Å². The van der Waals surface area contributed by atoms with Gasteiger partial charge in [-0.2, -0.15) is 5.10 Å². The van der Waals surface area contributed by atoms with Gasteiger partial charge in [0.05, 0.1) is 0 Å². The Morgan fingerprint density at radius 3 is 2.88 bits per heavy atom. The van der Waals surface area contributed by atoms with E-state index in [2.05, 4.69) is 21.9 Å². The Kier molecular flexibility index (Phi) is 2.36. The van der Waals surface area contributed by atoms with E-state index in [0.29, 0.717) is 3.95 Å². The molecule has 0 spiro atoms. The van der Waals surface area contributed by atoms with Crippen molar-refractivity contribution in [2.75, 3.05) is 0 Å². The summed E-state index contributed by atoms with van der Waals surface area (Å²) in [5.74, 6) is 0. The first-order valence-corrected chi connectivity index (χ1v) is 4.79. The molecule has 0 atom stereocenters. The highest BCUT2D eigenvalue weighted by Gasteiger charge is 1.91. The molecule has 0 fully saturated rings. The maximum atomic E-state index is 4.75. The summed E-state index contributed by atoms with van der Waals surface area (Å²) in [6.07, 6.45) is 0. The van der Waals surface area contributed by atoms with Crippen LogP contribution in [0.15, 0.2) is 4.34 Å². The molecule has 44 valence electrons. The Morgan fingerprint density at radius 2 is 2.62 bits per heavy atom. The highest BCUT2D eigenvalue weighted by atomic mass is 33.1. The van der Waals surface area contributed by atoms with Crippen molar-refractivity contribution in [2.45, 2.75) is 4.34 Å². The van der Waals surface area contributed by atoms with Crippen molar-refractivity contribution in [1.82, 2.24) is 10.2 Å². The minimum atomic E-state index is 0.696. The number of rotatable bonds is 1. The molecule has 1 rings (SSSR count). The average molecular weight is 182 g/mol. The van der Waals surface area contributed by atoms with Crippen LogP contribution in [0.3, 0.4) is 0 Å². The lowest BCUT2D eigenvalue weighted by molar-refractivity contribution is 1.01. The number of nitrogens with one attached hydrogen (secondary N) is 1. The monoisotopic (exact) mass is 182 g/mol. The van der Waals surface area contributed by atoms with Crippen LogP contribution in [0.25, 0.3) is 0 Å². The molecule has 0 radical (unpaired) electrons. The summed E-state index contributed by atoms with van der Waals surface area (Å²) in [5, 5.41) is 6.44. The van der Waals surface area contributed by atoms with E-state index in [9.17, 15) is 0 Å². The van der Waals surface area contributed by atoms with Crippen LogP contribution in [0.5, 0.6) is 0 Å². The van der Waals surface area contributed by atoms with Gasteiger partial charge in [0.15, 0.2) is 8.29 Å². The summed E-state index contributed by atoms with van der Waals surface area (Å²) in [5.41, 5.74) is 0. The van der Waals surface area contributed by atoms with Gasteiger partial charge in [-0.25, -0.2) is 0 Å². The Labute approximate surface area is 64.5 Å². The van der Waals surface area contributed by atoms with Crippen LogP contribution in [-0.2, 0) is 0 Å². The molecule has 1 N–H and O–H groups in total. The molecular weight excluding hydrogens is 180 g/mol. The van der Waals surface area contributed by atoms with Crippen molar-refractivity contribution in [3.8, 4) is 0 Å². The fourth-order valence-electron chi connectivity index (χ4n) is 0.255. The highest BCUT2D eigenvalue weighted by molar-refractivity contribution is 8.69. The first-order valence-electron chi connectivity index (χ1n) is 1.70. The number of hydrogen-bond acceptors (Lipinski definition) is 5. The second-order valence-corrected chi connectivity index (χ2v) is 4.01. The van der Waals surface area contributed by atoms with Gasteiger partial charge in [0.25, 0.3) is 0 Å². The average Bonchev–Trinajstić information content (AvgIpc) is 2.14. The summed E-state index contributed by atoms with van der Waals surface area (Å²) in [7, 11) is 1.29. The second kappa shape index (κ2) is 2.86. The molecule has 2 nitrogen and oxygen atoms in total. The number of aromatic amines is 1. The molecule has 0 saturated heterocycles. The van der Waals surface area contributed by atoms with Gasteiger partial charge < -0.3 is 0 Å². The molecule has 0 bridgehead atoms. The van der Waals surface area contributed by atoms with Gasteiger partial charge in [-0.1, -0.05) is 11.3 Å². The standard InChI is InChI=1S/C2H2N2S4/c5-1-3-4-2(7-1)8-6/h6H,(H,3,5). The Balaban J connectivity index is 3.01. The van der Waals surface area contributed by atoms with E-state index in [-0.39, 0.29) is 0 Å². The largest absolute Gasteiger partial charge is 0.257 e. The van der Waals surface area contributed by atoms with E-state index < -0.39 is 0 Å². The first-order chi connectivity index (χ1) is 3.83. The van der Waals surface area contributed by atoms with Crippen molar-refractivity contribution in [3.05, 3.63) is 3.95 Å². The van der Waals surface area contributed by atoms with E-state index in [1.807, 2.05) is 0 Å². The first kappa shape index (κ1) is 6.60. The zero-order valence-corrected chi connectivity index (χ0v) is 6.96. The van der Waals surface area contributed by atoms with Gasteiger partial charge >= 0.3 is 0 Å². The summed E-state index contributed by atoms with van der Waals surface area (Å²) in [6, 6.07) is 0. The molecule has 0 amide bonds. The molecule has 0 aliphatic carbocycles.